The van der Waals surface area contributed by atoms with E-state index in [0.29, 0.717) is 32.1 Å². The highest BCUT2D eigenvalue weighted by Gasteiger charge is 2.39. The van der Waals surface area contributed by atoms with Crippen molar-refractivity contribution in [2.75, 3.05) is 11.9 Å². The molecular weight excluding hydrogens is 622 g/mol. The standard InChI is InChI=1S/C31H27BrClN5O4/c1-31(2)21-15-20(9-11-24(21)35-29(31)41)38-26(27(39)34-16-18-6-4-3-5-7-18)25-17-36(12-13-37(25)30(38)42)28(40)19-8-10-22(32)23(33)14-19/h3-11,14-15H,12-13,16-17H2,1-2H3,(H,34,39)(H,35,41). The van der Waals surface area contributed by atoms with Crippen LogP contribution in [0.5, 0.6) is 0 Å². The maximum absolute atomic E-state index is 13.9. The number of hydrogen-bond acceptors (Lipinski definition) is 4. The normalized spacial score (nSPS) is 15.1. The number of benzene rings is 3. The van der Waals surface area contributed by atoms with Gasteiger partial charge in [-0.1, -0.05) is 41.9 Å². The first-order chi connectivity index (χ1) is 20.1. The second-order valence-corrected chi connectivity index (χ2v) is 12.2. The van der Waals surface area contributed by atoms with Crippen LogP contribution in [0.3, 0.4) is 0 Å². The number of halogens is 2. The highest BCUT2D eigenvalue weighted by molar-refractivity contribution is 9.10. The van der Waals surface area contributed by atoms with Crippen molar-refractivity contribution in [2.45, 2.75) is 38.9 Å². The first kappa shape index (κ1) is 28.0. The third-order valence-corrected chi connectivity index (χ3v) is 9.13. The van der Waals surface area contributed by atoms with Crippen molar-refractivity contribution >= 4 is 50.9 Å². The second-order valence-electron chi connectivity index (χ2n) is 10.9. The molecule has 0 atom stereocenters. The molecule has 0 spiro atoms. The van der Waals surface area contributed by atoms with Crippen LogP contribution in [0, 0.1) is 0 Å². The van der Waals surface area contributed by atoms with Gasteiger partial charge in [0.15, 0.2) is 0 Å². The maximum Gasteiger partial charge on any atom is 0.333 e. The van der Waals surface area contributed by atoms with Crippen LogP contribution in [-0.2, 0) is 29.8 Å². The predicted molar refractivity (Wildman–Crippen MR) is 163 cm³/mol. The van der Waals surface area contributed by atoms with Crippen molar-refractivity contribution in [1.82, 2.24) is 19.4 Å². The number of fused-ring (bicyclic) bond motifs is 2. The van der Waals surface area contributed by atoms with Gasteiger partial charge in [-0.05, 0) is 77.3 Å². The highest BCUT2D eigenvalue weighted by atomic mass is 79.9. The number of carbonyl (C=O) groups excluding carboxylic acids is 3. The molecular formula is C31H27BrClN5O4. The van der Waals surface area contributed by atoms with Gasteiger partial charge in [0.05, 0.1) is 28.4 Å². The predicted octanol–water partition coefficient (Wildman–Crippen LogP) is 4.87. The Balaban J connectivity index is 1.43. The maximum atomic E-state index is 13.9. The van der Waals surface area contributed by atoms with Crippen LogP contribution in [0.2, 0.25) is 5.02 Å². The second kappa shape index (κ2) is 10.6. The Morgan fingerprint density at radius 2 is 1.79 bits per heavy atom. The Hall–Kier alpha value is -4.15. The van der Waals surface area contributed by atoms with Gasteiger partial charge in [0.1, 0.15) is 5.69 Å². The van der Waals surface area contributed by atoms with E-state index < -0.39 is 11.3 Å². The molecule has 0 saturated carbocycles. The molecule has 0 unspecified atom stereocenters. The third kappa shape index (κ3) is 4.74. The monoisotopic (exact) mass is 647 g/mol. The van der Waals surface area contributed by atoms with Crippen molar-refractivity contribution in [3.05, 3.63) is 115 Å². The summed E-state index contributed by atoms with van der Waals surface area (Å²) in [5, 5.41) is 6.24. The summed E-state index contributed by atoms with van der Waals surface area (Å²) in [5.74, 6) is -0.837. The smallest absolute Gasteiger partial charge is 0.333 e. The molecule has 2 N–H and O–H groups in total. The summed E-state index contributed by atoms with van der Waals surface area (Å²) in [4.78, 5) is 55.4. The SMILES string of the molecule is CC1(C)C(=O)Nc2ccc(-n3c(C(=O)NCc4ccccc4)c4n(c3=O)CCN(C(=O)c3ccc(Br)c(Cl)c3)C4)cc21. The molecule has 0 radical (unpaired) electrons. The minimum atomic E-state index is -0.806. The zero-order valence-corrected chi connectivity index (χ0v) is 25.3. The van der Waals surface area contributed by atoms with E-state index in [4.69, 9.17) is 11.6 Å². The van der Waals surface area contributed by atoms with Crippen molar-refractivity contribution in [3.63, 3.8) is 0 Å². The van der Waals surface area contributed by atoms with Gasteiger partial charge in [-0.3, -0.25) is 23.5 Å². The Morgan fingerprint density at radius 1 is 1.02 bits per heavy atom. The molecule has 1 aromatic heterocycles. The van der Waals surface area contributed by atoms with Gasteiger partial charge < -0.3 is 15.5 Å². The van der Waals surface area contributed by atoms with Gasteiger partial charge >= 0.3 is 5.69 Å². The molecule has 3 heterocycles. The molecule has 0 saturated heterocycles. The summed E-state index contributed by atoms with van der Waals surface area (Å²) >= 11 is 9.60. The quantitative estimate of drug-likeness (QED) is 0.322. The molecule has 42 heavy (non-hydrogen) atoms. The lowest BCUT2D eigenvalue weighted by Crippen LogP contribution is -2.41. The average molecular weight is 649 g/mol. The van der Waals surface area contributed by atoms with Crippen LogP contribution < -0.4 is 16.3 Å². The van der Waals surface area contributed by atoms with E-state index in [1.807, 2.05) is 44.2 Å². The third-order valence-electron chi connectivity index (χ3n) is 7.89. The van der Waals surface area contributed by atoms with E-state index in [1.54, 1.807) is 45.9 Å². The molecule has 11 heteroatoms. The molecule has 0 aliphatic carbocycles. The van der Waals surface area contributed by atoms with Gasteiger partial charge in [0.2, 0.25) is 5.91 Å². The Bertz CT molecular complexity index is 1830. The van der Waals surface area contributed by atoms with E-state index in [2.05, 4.69) is 26.6 Å². The Labute approximate surface area is 255 Å². The summed E-state index contributed by atoms with van der Waals surface area (Å²) < 4.78 is 3.62. The van der Waals surface area contributed by atoms with E-state index in [1.165, 1.54) is 4.57 Å². The molecule has 3 aromatic carbocycles. The lowest BCUT2D eigenvalue weighted by molar-refractivity contribution is -0.119. The largest absolute Gasteiger partial charge is 0.347 e. The summed E-state index contributed by atoms with van der Waals surface area (Å²) in [6.45, 7) is 4.44. The first-order valence-corrected chi connectivity index (χ1v) is 14.6. The number of anilines is 1. The number of aromatic nitrogens is 2. The number of amides is 3. The van der Waals surface area contributed by atoms with Gasteiger partial charge in [-0.25, -0.2) is 4.79 Å². The fraction of sp³-hybridized carbons (Fsp3) is 0.226. The zero-order valence-electron chi connectivity index (χ0n) is 22.9. The van der Waals surface area contributed by atoms with Crippen LogP contribution in [-0.4, -0.2) is 38.3 Å². The fourth-order valence-corrected chi connectivity index (χ4v) is 5.90. The average Bonchev–Trinajstić information content (AvgIpc) is 3.41. The Morgan fingerprint density at radius 3 is 2.52 bits per heavy atom. The summed E-state index contributed by atoms with van der Waals surface area (Å²) in [7, 11) is 0. The molecule has 4 aromatic rings. The van der Waals surface area contributed by atoms with Crippen LogP contribution in [0.25, 0.3) is 5.69 Å². The highest BCUT2D eigenvalue weighted by Crippen LogP contribution is 2.38. The molecule has 0 fully saturated rings. The van der Waals surface area contributed by atoms with Crippen molar-refractivity contribution in [3.8, 4) is 5.69 Å². The lowest BCUT2D eigenvalue weighted by Gasteiger charge is -2.28. The van der Waals surface area contributed by atoms with Crippen molar-refractivity contribution < 1.29 is 14.4 Å². The van der Waals surface area contributed by atoms with E-state index in [-0.39, 0.29) is 49.4 Å². The van der Waals surface area contributed by atoms with Gasteiger partial charge in [-0.2, -0.15) is 0 Å². The number of imidazole rings is 1. The van der Waals surface area contributed by atoms with Gasteiger partial charge in [-0.15, -0.1) is 0 Å². The molecule has 6 rings (SSSR count). The number of carbonyl (C=O) groups is 3. The summed E-state index contributed by atoms with van der Waals surface area (Å²) in [6.07, 6.45) is 0. The summed E-state index contributed by atoms with van der Waals surface area (Å²) in [5.41, 5.74) is 2.58. The zero-order chi connectivity index (χ0) is 29.8. The molecule has 214 valence electrons. The van der Waals surface area contributed by atoms with Gasteiger partial charge in [0.25, 0.3) is 11.8 Å². The number of nitrogens with one attached hydrogen (secondary N) is 2. The molecule has 0 bridgehead atoms. The number of hydrogen-bond donors (Lipinski definition) is 2. The fourth-order valence-electron chi connectivity index (χ4n) is 5.48. The Kier molecular flexibility index (Phi) is 7.06. The first-order valence-electron chi connectivity index (χ1n) is 13.4. The van der Waals surface area contributed by atoms with E-state index in [9.17, 15) is 19.2 Å². The van der Waals surface area contributed by atoms with E-state index in [0.717, 1.165) is 11.1 Å². The van der Waals surface area contributed by atoms with Crippen LogP contribution in [0.4, 0.5) is 5.69 Å². The molecule has 2 aliphatic rings. The van der Waals surface area contributed by atoms with Crippen molar-refractivity contribution in [1.29, 1.82) is 0 Å². The van der Waals surface area contributed by atoms with Crippen LogP contribution >= 0.6 is 27.5 Å². The molecule has 3 amide bonds. The number of nitrogens with zero attached hydrogens (tertiary/aromatic N) is 3. The van der Waals surface area contributed by atoms with Crippen LogP contribution in [0.15, 0.2) is 76.0 Å². The van der Waals surface area contributed by atoms with Crippen LogP contribution in [0.1, 0.15) is 51.5 Å². The molecule has 9 nitrogen and oxygen atoms in total. The minimum Gasteiger partial charge on any atom is -0.347 e. The summed E-state index contributed by atoms with van der Waals surface area (Å²) in [6, 6.07) is 19.7. The molecule has 2 aliphatic heterocycles. The minimum absolute atomic E-state index is 0.0549. The lowest BCUT2D eigenvalue weighted by atomic mass is 9.86. The number of rotatable bonds is 5. The van der Waals surface area contributed by atoms with Crippen molar-refractivity contribution in [2.24, 2.45) is 0 Å². The van der Waals surface area contributed by atoms with E-state index >= 15 is 0 Å². The van der Waals surface area contributed by atoms with Gasteiger partial charge in [0, 0.05) is 35.4 Å². The topological polar surface area (TPSA) is 105 Å².